The Hall–Kier alpha value is -2.92. The number of aromatic nitrogens is 2. The van der Waals surface area contributed by atoms with Crippen LogP contribution in [0.15, 0.2) is 30.5 Å². The number of hydrogen-bond donors (Lipinski definition) is 0. The number of benzene rings is 1. The van der Waals surface area contributed by atoms with Crippen molar-refractivity contribution in [3.63, 3.8) is 0 Å². The van der Waals surface area contributed by atoms with Crippen molar-refractivity contribution in [1.82, 2.24) is 9.97 Å². The average Bonchev–Trinajstić information content (AvgIpc) is 2.74. The summed E-state index contributed by atoms with van der Waals surface area (Å²) >= 11 is 0. The van der Waals surface area contributed by atoms with Gasteiger partial charge in [-0.25, -0.2) is 9.37 Å². The molecule has 0 amide bonds. The summed E-state index contributed by atoms with van der Waals surface area (Å²) in [5.74, 6) is 1.15. The molecule has 8 heteroatoms. The summed E-state index contributed by atoms with van der Waals surface area (Å²) in [6.45, 7) is 5.90. The Morgan fingerprint density at radius 1 is 0.963 bits per heavy atom. The van der Waals surface area contributed by atoms with Gasteiger partial charge in [0.05, 0.1) is 18.9 Å². The first-order chi connectivity index (χ1) is 13.3. The van der Waals surface area contributed by atoms with Gasteiger partial charge in [0.2, 0.25) is 5.95 Å². The molecule has 2 fully saturated rings. The quantitative estimate of drug-likeness (QED) is 0.816. The number of nitrogens with zero attached hydrogens (tertiary/aromatic N) is 6. The lowest BCUT2D eigenvalue weighted by Gasteiger charge is -2.37. The number of hydrogen-bond acceptors (Lipinski definition) is 7. The van der Waals surface area contributed by atoms with E-state index in [0.717, 1.165) is 18.9 Å². The number of rotatable bonds is 3. The van der Waals surface area contributed by atoms with Crippen LogP contribution < -0.4 is 14.7 Å². The minimum absolute atomic E-state index is 0.108. The maximum Gasteiger partial charge on any atom is 0.227 e. The van der Waals surface area contributed by atoms with E-state index in [1.54, 1.807) is 18.3 Å². The molecule has 2 aliphatic heterocycles. The van der Waals surface area contributed by atoms with Crippen molar-refractivity contribution in [2.75, 3.05) is 67.2 Å². The van der Waals surface area contributed by atoms with E-state index >= 15 is 0 Å². The Labute approximate surface area is 157 Å². The van der Waals surface area contributed by atoms with Gasteiger partial charge < -0.3 is 19.4 Å². The van der Waals surface area contributed by atoms with Gasteiger partial charge in [0.1, 0.15) is 23.3 Å². The van der Waals surface area contributed by atoms with Crippen molar-refractivity contribution >= 4 is 17.5 Å². The molecule has 0 N–H and O–H groups in total. The van der Waals surface area contributed by atoms with Crippen molar-refractivity contribution in [3.05, 3.63) is 41.8 Å². The lowest BCUT2D eigenvalue weighted by Crippen LogP contribution is -2.47. The first kappa shape index (κ1) is 17.5. The molecule has 0 saturated carbocycles. The van der Waals surface area contributed by atoms with Gasteiger partial charge in [-0.15, -0.1) is 0 Å². The normalized spacial score (nSPS) is 17.7. The second-order valence-corrected chi connectivity index (χ2v) is 6.53. The van der Waals surface area contributed by atoms with Crippen LogP contribution in [0.3, 0.4) is 0 Å². The van der Waals surface area contributed by atoms with Crippen molar-refractivity contribution in [2.24, 2.45) is 0 Å². The molecule has 0 atom stereocenters. The van der Waals surface area contributed by atoms with Crippen molar-refractivity contribution in [1.29, 1.82) is 5.26 Å². The van der Waals surface area contributed by atoms with E-state index in [0.29, 0.717) is 51.0 Å². The zero-order valence-electron chi connectivity index (χ0n) is 15.0. The summed E-state index contributed by atoms with van der Waals surface area (Å²) in [6, 6.07) is 8.67. The molecule has 3 heterocycles. The van der Waals surface area contributed by atoms with Crippen LogP contribution in [0.25, 0.3) is 0 Å². The monoisotopic (exact) mass is 368 g/mol. The van der Waals surface area contributed by atoms with Crippen LogP contribution in [0.5, 0.6) is 0 Å². The first-order valence-corrected chi connectivity index (χ1v) is 9.10. The summed E-state index contributed by atoms with van der Waals surface area (Å²) in [6.07, 6.45) is 1.79. The van der Waals surface area contributed by atoms with Gasteiger partial charge >= 0.3 is 0 Å². The second kappa shape index (κ2) is 7.76. The van der Waals surface area contributed by atoms with Crippen LogP contribution in [0.4, 0.5) is 21.8 Å². The van der Waals surface area contributed by atoms with Crippen LogP contribution in [-0.4, -0.2) is 62.5 Å². The second-order valence-electron chi connectivity index (χ2n) is 6.53. The van der Waals surface area contributed by atoms with E-state index in [-0.39, 0.29) is 5.56 Å². The van der Waals surface area contributed by atoms with Crippen molar-refractivity contribution in [3.8, 4) is 6.07 Å². The molecule has 0 spiro atoms. The molecule has 0 radical (unpaired) electrons. The van der Waals surface area contributed by atoms with Gasteiger partial charge in [0, 0.05) is 45.5 Å². The Balaban J connectivity index is 1.45. The van der Waals surface area contributed by atoms with Gasteiger partial charge in [-0.1, -0.05) is 6.07 Å². The minimum Gasteiger partial charge on any atom is -0.378 e. The van der Waals surface area contributed by atoms with Crippen LogP contribution in [0, 0.1) is 17.1 Å². The molecule has 140 valence electrons. The third-order valence-corrected chi connectivity index (χ3v) is 4.97. The van der Waals surface area contributed by atoms with Gasteiger partial charge in [-0.2, -0.15) is 10.2 Å². The Bertz CT molecular complexity index is 840. The molecule has 1 aromatic carbocycles. The summed E-state index contributed by atoms with van der Waals surface area (Å²) in [7, 11) is 0. The van der Waals surface area contributed by atoms with Gasteiger partial charge in [0.15, 0.2) is 0 Å². The van der Waals surface area contributed by atoms with Crippen LogP contribution in [-0.2, 0) is 4.74 Å². The van der Waals surface area contributed by atoms with Crippen LogP contribution in [0.1, 0.15) is 5.56 Å². The Morgan fingerprint density at radius 3 is 2.44 bits per heavy atom. The van der Waals surface area contributed by atoms with E-state index in [9.17, 15) is 9.65 Å². The number of anilines is 3. The molecule has 4 rings (SSSR count). The number of piperazine rings is 1. The molecule has 1 aromatic heterocycles. The van der Waals surface area contributed by atoms with E-state index in [1.807, 2.05) is 17.0 Å². The third-order valence-electron chi connectivity index (χ3n) is 4.97. The van der Waals surface area contributed by atoms with Gasteiger partial charge in [-0.3, -0.25) is 0 Å². The van der Waals surface area contributed by atoms with E-state index in [4.69, 9.17) is 9.72 Å². The molecule has 0 unspecified atom stereocenters. The molecule has 2 aromatic rings. The highest BCUT2D eigenvalue weighted by Gasteiger charge is 2.23. The summed E-state index contributed by atoms with van der Waals surface area (Å²) in [5.41, 5.74) is 0.761. The Morgan fingerprint density at radius 2 is 1.70 bits per heavy atom. The highest BCUT2D eigenvalue weighted by molar-refractivity contribution is 5.60. The highest BCUT2D eigenvalue weighted by Crippen LogP contribution is 2.25. The summed E-state index contributed by atoms with van der Waals surface area (Å²) in [5, 5.41) is 9.25. The molecular weight excluding hydrogens is 347 g/mol. The molecule has 2 aliphatic rings. The zero-order valence-corrected chi connectivity index (χ0v) is 15.0. The maximum atomic E-state index is 13.9. The number of halogens is 1. The van der Waals surface area contributed by atoms with Crippen molar-refractivity contribution in [2.45, 2.75) is 0 Å². The van der Waals surface area contributed by atoms with Crippen LogP contribution >= 0.6 is 0 Å². The molecular formula is C19H21FN6O. The first-order valence-electron chi connectivity index (χ1n) is 9.10. The topological polar surface area (TPSA) is 68.5 Å². The molecule has 0 bridgehead atoms. The largest absolute Gasteiger partial charge is 0.378 e. The van der Waals surface area contributed by atoms with E-state index in [1.165, 1.54) is 6.07 Å². The SMILES string of the molecule is N#Cc1c(F)cccc1N1CCN(c2nccc(N3CCOCC3)n2)CC1. The lowest BCUT2D eigenvalue weighted by atomic mass is 10.1. The molecule has 0 aliphatic carbocycles. The fourth-order valence-corrected chi connectivity index (χ4v) is 3.49. The van der Waals surface area contributed by atoms with Gasteiger partial charge in [0.25, 0.3) is 0 Å². The van der Waals surface area contributed by atoms with Crippen molar-refractivity contribution < 1.29 is 9.13 Å². The Kier molecular flexibility index (Phi) is 5.03. The fraction of sp³-hybridized carbons (Fsp3) is 0.421. The summed E-state index contributed by atoms with van der Waals surface area (Å²) < 4.78 is 19.3. The number of ether oxygens (including phenoxy) is 1. The summed E-state index contributed by atoms with van der Waals surface area (Å²) in [4.78, 5) is 15.5. The lowest BCUT2D eigenvalue weighted by molar-refractivity contribution is 0.122. The minimum atomic E-state index is -0.473. The molecule has 27 heavy (non-hydrogen) atoms. The van der Waals surface area contributed by atoms with Crippen LogP contribution in [0.2, 0.25) is 0 Å². The number of morpholine rings is 1. The standard InChI is InChI=1S/C19H21FN6O/c20-16-2-1-3-17(15(16)14-21)24-6-8-26(9-7-24)19-22-5-4-18(23-19)25-10-12-27-13-11-25/h1-5H,6-13H2. The molecule has 2 saturated heterocycles. The smallest absolute Gasteiger partial charge is 0.227 e. The predicted octanol–water partition coefficient (Wildman–Crippen LogP) is 1.65. The van der Waals surface area contributed by atoms with E-state index in [2.05, 4.69) is 14.8 Å². The number of nitriles is 1. The zero-order chi connectivity index (χ0) is 18.6. The maximum absolute atomic E-state index is 13.9. The average molecular weight is 368 g/mol. The fourth-order valence-electron chi connectivity index (χ4n) is 3.49. The molecule has 7 nitrogen and oxygen atoms in total. The van der Waals surface area contributed by atoms with Gasteiger partial charge in [-0.05, 0) is 18.2 Å². The van der Waals surface area contributed by atoms with E-state index < -0.39 is 5.82 Å². The highest BCUT2D eigenvalue weighted by atomic mass is 19.1. The third kappa shape index (κ3) is 3.64. The predicted molar refractivity (Wildman–Crippen MR) is 101 cm³/mol.